The van der Waals surface area contributed by atoms with Crippen LogP contribution in [0.4, 0.5) is 0 Å². The largest absolute Gasteiger partial charge is 0.467 e. The maximum atomic E-state index is 13.0. The van der Waals surface area contributed by atoms with Crippen LogP contribution in [0.2, 0.25) is 0 Å². The minimum Gasteiger partial charge on any atom is -0.467 e. The molecule has 0 saturated heterocycles. The summed E-state index contributed by atoms with van der Waals surface area (Å²) in [5.74, 6) is 0.176. The van der Waals surface area contributed by atoms with Crippen LogP contribution in [-0.2, 0) is 38.7 Å². The van der Waals surface area contributed by atoms with Crippen molar-refractivity contribution in [3.63, 3.8) is 0 Å². The number of nitrogens with zero attached hydrogens (tertiary/aromatic N) is 3. The lowest BCUT2D eigenvalue weighted by atomic mass is 10.1. The van der Waals surface area contributed by atoms with E-state index < -0.39 is 11.6 Å². The van der Waals surface area contributed by atoms with Crippen molar-refractivity contribution in [2.45, 2.75) is 141 Å². The second kappa shape index (κ2) is 28.3. The molecule has 2 rings (SSSR count). The first-order valence-corrected chi connectivity index (χ1v) is 16.7. The van der Waals surface area contributed by atoms with Crippen molar-refractivity contribution in [3.8, 4) is 0 Å². The summed E-state index contributed by atoms with van der Waals surface area (Å²) in [4.78, 5) is 24.9. The molecule has 8 heteroatoms. The van der Waals surface area contributed by atoms with Gasteiger partial charge in [0.2, 0.25) is 0 Å². The second-order valence-electron chi connectivity index (χ2n) is 9.47. The number of esters is 1. The zero-order valence-corrected chi connectivity index (χ0v) is 31.2. The van der Waals surface area contributed by atoms with Gasteiger partial charge in [0.1, 0.15) is 6.61 Å². The molecule has 1 unspecified atom stereocenters. The van der Waals surface area contributed by atoms with E-state index in [-0.39, 0.29) is 18.4 Å². The quantitative estimate of drug-likeness (QED) is 0.123. The highest BCUT2D eigenvalue weighted by molar-refractivity contribution is 5.78. The van der Waals surface area contributed by atoms with Gasteiger partial charge in [-0.1, -0.05) is 92.7 Å². The Morgan fingerprint density at radius 2 is 1.71 bits per heavy atom. The van der Waals surface area contributed by atoms with Crippen LogP contribution in [0.25, 0.3) is 0 Å². The van der Waals surface area contributed by atoms with Crippen LogP contribution < -0.4 is 5.69 Å². The van der Waals surface area contributed by atoms with Gasteiger partial charge in [-0.05, 0) is 76.3 Å². The average molecular weight is 632 g/mol. The third-order valence-electron chi connectivity index (χ3n) is 5.79. The predicted octanol–water partition coefficient (Wildman–Crippen LogP) is 8.92. The molecule has 1 aliphatic rings. The number of aromatic nitrogens is 3. The number of ether oxygens (including phenoxy) is 3. The fourth-order valence-electron chi connectivity index (χ4n) is 3.77. The van der Waals surface area contributed by atoms with Crippen molar-refractivity contribution < 1.29 is 19.0 Å². The Labute approximate surface area is 275 Å². The number of rotatable bonds is 13. The molecule has 1 aromatic rings. The lowest BCUT2D eigenvalue weighted by molar-refractivity contribution is -0.168. The number of methoxy groups -OCH3 is 1. The van der Waals surface area contributed by atoms with Crippen LogP contribution in [0.1, 0.15) is 116 Å². The molecule has 1 atom stereocenters. The molecule has 45 heavy (non-hydrogen) atoms. The zero-order chi connectivity index (χ0) is 35.4. The molecule has 1 aromatic heterocycles. The number of hydrogen-bond acceptors (Lipinski definition) is 6. The maximum Gasteiger partial charge on any atom is 0.346 e. The van der Waals surface area contributed by atoms with E-state index in [1.165, 1.54) is 11.8 Å². The Morgan fingerprint density at radius 1 is 1.09 bits per heavy atom. The SMILES string of the molecule is C/C=C(\C=C/C(C)OC(C)(C)C(=O)OC)COCc1nn(C/C2=C/C/C=C(/C)C=C=C2)c(=O)n1CCC.CC.CC.CC.CC. The molecular formula is C37H65N3O5. The number of carbonyl (C=O) groups is 1. The van der Waals surface area contributed by atoms with E-state index in [1.807, 2.05) is 113 Å². The molecule has 0 spiro atoms. The Bertz CT molecular complexity index is 1170. The van der Waals surface area contributed by atoms with Crippen molar-refractivity contribution >= 4 is 5.97 Å². The molecular weight excluding hydrogens is 566 g/mol. The molecule has 0 N–H and O–H groups in total. The second-order valence-corrected chi connectivity index (χ2v) is 9.47. The van der Waals surface area contributed by atoms with Gasteiger partial charge in [-0.25, -0.2) is 14.3 Å². The topological polar surface area (TPSA) is 84.6 Å². The summed E-state index contributed by atoms with van der Waals surface area (Å²) >= 11 is 0. The molecule has 1 aliphatic carbocycles. The van der Waals surface area contributed by atoms with E-state index in [2.05, 4.69) is 23.0 Å². The summed E-state index contributed by atoms with van der Waals surface area (Å²) in [5, 5.41) is 4.58. The van der Waals surface area contributed by atoms with Crippen molar-refractivity contribution in [1.29, 1.82) is 0 Å². The monoisotopic (exact) mass is 631 g/mol. The first kappa shape index (κ1) is 46.2. The van der Waals surface area contributed by atoms with Crippen LogP contribution in [0.15, 0.2) is 69.8 Å². The molecule has 0 fully saturated rings. The standard InChI is InChI=1S/C29H41N3O5.4C2H6/c1-8-18-31-26(30-32(28(31)34)19-25-14-10-12-22(3)13-11-15-25)21-36-20-24(9-2)17-16-23(4)37-29(5,6)27(33)35-7;4*1-2/h9,12-17,23H,8,10,18-21H2,1-7H3;4*1-2H3/b17-16-,22-12-,24-9+,25-14+;;;;. The molecule has 1 heterocycles. The van der Waals surface area contributed by atoms with Gasteiger partial charge in [-0.2, -0.15) is 5.10 Å². The first-order chi connectivity index (χ1) is 21.6. The van der Waals surface area contributed by atoms with Gasteiger partial charge in [-0.3, -0.25) is 4.57 Å². The summed E-state index contributed by atoms with van der Waals surface area (Å²) in [7, 11) is 1.34. The lowest BCUT2D eigenvalue weighted by Gasteiger charge is -2.25. The number of carbonyl (C=O) groups excluding carboxylic acids is 1. The third kappa shape index (κ3) is 18.4. The van der Waals surface area contributed by atoms with Crippen LogP contribution in [0.5, 0.6) is 0 Å². The highest BCUT2D eigenvalue weighted by Gasteiger charge is 2.31. The van der Waals surface area contributed by atoms with Gasteiger partial charge in [0.15, 0.2) is 11.4 Å². The number of hydrogen-bond donors (Lipinski definition) is 0. The highest BCUT2D eigenvalue weighted by atomic mass is 16.6. The molecule has 0 radical (unpaired) electrons. The Morgan fingerprint density at radius 3 is 2.27 bits per heavy atom. The molecule has 258 valence electrons. The van der Waals surface area contributed by atoms with Gasteiger partial charge in [0.25, 0.3) is 0 Å². The van der Waals surface area contributed by atoms with Gasteiger partial charge in [0.05, 0.1) is 26.4 Å². The highest BCUT2D eigenvalue weighted by Crippen LogP contribution is 2.15. The minimum atomic E-state index is -1.04. The summed E-state index contributed by atoms with van der Waals surface area (Å²) < 4.78 is 19.7. The van der Waals surface area contributed by atoms with Crippen LogP contribution in [0.3, 0.4) is 0 Å². The van der Waals surface area contributed by atoms with Gasteiger partial charge < -0.3 is 14.2 Å². The minimum absolute atomic E-state index is 0.141. The smallest absolute Gasteiger partial charge is 0.346 e. The van der Waals surface area contributed by atoms with Gasteiger partial charge in [-0.15, -0.1) is 5.73 Å². The fourth-order valence-corrected chi connectivity index (χ4v) is 3.77. The van der Waals surface area contributed by atoms with E-state index in [1.54, 1.807) is 18.4 Å². The van der Waals surface area contributed by atoms with E-state index in [4.69, 9.17) is 14.2 Å². The van der Waals surface area contributed by atoms with E-state index in [9.17, 15) is 9.59 Å². The van der Waals surface area contributed by atoms with Crippen LogP contribution >= 0.6 is 0 Å². The average Bonchev–Trinajstić information content (AvgIpc) is 3.34. The summed E-state index contributed by atoms with van der Waals surface area (Å²) in [6.07, 6.45) is 15.1. The van der Waals surface area contributed by atoms with Crippen molar-refractivity contribution in [3.05, 3.63) is 81.3 Å². The summed E-state index contributed by atoms with van der Waals surface area (Å²) in [6.45, 7) is 28.7. The van der Waals surface area contributed by atoms with Gasteiger partial charge >= 0.3 is 11.7 Å². The van der Waals surface area contributed by atoms with Crippen molar-refractivity contribution in [1.82, 2.24) is 14.3 Å². The summed E-state index contributed by atoms with van der Waals surface area (Å²) in [6, 6.07) is 0. The summed E-state index contributed by atoms with van der Waals surface area (Å²) in [5.41, 5.74) is 5.07. The van der Waals surface area contributed by atoms with Gasteiger partial charge in [0, 0.05) is 6.54 Å². The zero-order valence-electron chi connectivity index (χ0n) is 31.2. The molecule has 0 aromatic carbocycles. The van der Waals surface area contributed by atoms with Crippen molar-refractivity contribution in [2.75, 3.05) is 13.7 Å². The van der Waals surface area contributed by atoms with Crippen LogP contribution in [0, 0.1) is 0 Å². The van der Waals surface area contributed by atoms with E-state index in [0.717, 1.165) is 29.6 Å². The lowest BCUT2D eigenvalue weighted by Crippen LogP contribution is -2.38. The Hall–Kier alpha value is -3.19. The fraction of sp³-hybridized carbons (Fsp3) is 0.622. The Kier molecular flexibility index (Phi) is 29.1. The third-order valence-corrected chi connectivity index (χ3v) is 5.79. The first-order valence-electron chi connectivity index (χ1n) is 16.7. The molecule has 0 amide bonds. The van der Waals surface area contributed by atoms with E-state index >= 15 is 0 Å². The van der Waals surface area contributed by atoms with Crippen molar-refractivity contribution in [2.24, 2.45) is 0 Å². The van der Waals surface area contributed by atoms with E-state index in [0.29, 0.717) is 25.5 Å². The maximum absolute atomic E-state index is 13.0. The molecule has 8 nitrogen and oxygen atoms in total. The van der Waals surface area contributed by atoms with Crippen LogP contribution in [-0.4, -0.2) is 45.7 Å². The predicted molar refractivity (Wildman–Crippen MR) is 190 cm³/mol. The normalized spacial score (nSPS) is 15.5. The Balaban J connectivity index is -0.00000203. The molecule has 0 saturated carbocycles. The molecule has 0 bridgehead atoms. The molecule has 0 aliphatic heterocycles. The number of allylic oxidation sites excluding steroid dienone is 6.